The third kappa shape index (κ3) is 3.07. The Morgan fingerprint density at radius 2 is 1.64 bits per heavy atom. The normalized spacial score (nSPS) is 60.3. The van der Waals surface area contributed by atoms with E-state index in [1.165, 1.54) is 0 Å². The first-order valence-electron chi connectivity index (χ1n) is 16.0. The Kier molecular flexibility index (Phi) is 6.04. The minimum absolute atomic E-state index is 0.0606. The van der Waals surface area contributed by atoms with Gasteiger partial charge in [-0.25, -0.2) is 4.79 Å². The van der Waals surface area contributed by atoms with Crippen molar-refractivity contribution in [2.75, 3.05) is 13.1 Å². The summed E-state index contributed by atoms with van der Waals surface area (Å²) in [5.74, 6) is -4.05. The first-order chi connectivity index (χ1) is 19.5. The van der Waals surface area contributed by atoms with E-state index in [-0.39, 0.29) is 25.4 Å². The molecule has 0 aromatic heterocycles. The van der Waals surface area contributed by atoms with Gasteiger partial charge >= 0.3 is 5.97 Å². The fraction of sp³-hybridized carbons (Fsp3) is 0.906. The minimum Gasteiger partial charge on any atom is -0.453 e. The van der Waals surface area contributed by atoms with E-state index < -0.39 is 75.1 Å². The molecule has 0 amide bonds. The number of aliphatic hydroxyl groups is 6. The number of piperidine rings is 2. The van der Waals surface area contributed by atoms with Gasteiger partial charge in [0.25, 0.3) is 0 Å². The second-order valence-corrected chi connectivity index (χ2v) is 15.7. The number of nitrogens with zero attached hydrogens (tertiary/aromatic N) is 1. The zero-order valence-corrected chi connectivity index (χ0v) is 25.5. The topological polar surface area (TPSA) is 160 Å². The van der Waals surface area contributed by atoms with Gasteiger partial charge in [0.2, 0.25) is 5.79 Å². The highest BCUT2D eigenvalue weighted by Crippen LogP contribution is 2.78. The van der Waals surface area contributed by atoms with Crippen molar-refractivity contribution in [3.05, 3.63) is 11.6 Å². The Labute approximate surface area is 247 Å². The Bertz CT molecular complexity index is 1220. The molecule has 3 heterocycles. The van der Waals surface area contributed by atoms with Crippen molar-refractivity contribution in [2.24, 2.45) is 29.1 Å². The van der Waals surface area contributed by atoms with Gasteiger partial charge in [-0.1, -0.05) is 19.9 Å². The van der Waals surface area contributed by atoms with Crippen LogP contribution in [0.2, 0.25) is 0 Å². The van der Waals surface area contributed by atoms with Crippen molar-refractivity contribution >= 4 is 5.97 Å². The largest absolute Gasteiger partial charge is 0.453 e. The van der Waals surface area contributed by atoms with Crippen molar-refractivity contribution in [1.29, 1.82) is 0 Å². The summed E-state index contributed by atoms with van der Waals surface area (Å²) in [6, 6.07) is -0.387. The van der Waals surface area contributed by atoms with Gasteiger partial charge in [0.05, 0.1) is 11.7 Å². The van der Waals surface area contributed by atoms with Gasteiger partial charge < -0.3 is 40.1 Å². The minimum atomic E-state index is -2.06. The van der Waals surface area contributed by atoms with E-state index in [0.717, 1.165) is 6.42 Å². The van der Waals surface area contributed by atoms with Gasteiger partial charge in [0.15, 0.2) is 6.10 Å². The summed E-state index contributed by atoms with van der Waals surface area (Å²) >= 11 is 0. The number of esters is 1. The van der Waals surface area contributed by atoms with Crippen LogP contribution in [0.3, 0.4) is 0 Å². The predicted octanol–water partition coefficient (Wildman–Crippen LogP) is 0.991. The van der Waals surface area contributed by atoms with E-state index in [2.05, 4.69) is 11.8 Å². The molecule has 7 aliphatic rings. The number of rotatable bonds is 2. The van der Waals surface area contributed by atoms with Crippen molar-refractivity contribution < 1.29 is 44.9 Å². The third-order valence-electron chi connectivity index (χ3n) is 14.1. The fourth-order valence-electron chi connectivity index (χ4n) is 11.8. The second kappa shape index (κ2) is 8.57. The van der Waals surface area contributed by atoms with Gasteiger partial charge in [0, 0.05) is 60.7 Å². The summed E-state index contributed by atoms with van der Waals surface area (Å²) in [4.78, 5) is 14.9. The first kappa shape index (κ1) is 29.6. The molecule has 10 heteroatoms. The highest BCUT2D eigenvalue weighted by molar-refractivity contribution is 5.87. The van der Waals surface area contributed by atoms with E-state index in [9.17, 15) is 35.4 Å². The van der Waals surface area contributed by atoms with Crippen LogP contribution < -0.4 is 0 Å². The Hall–Kier alpha value is -1.11. The van der Waals surface area contributed by atoms with E-state index in [1.807, 2.05) is 6.92 Å². The van der Waals surface area contributed by atoms with Crippen molar-refractivity contribution in [1.82, 2.24) is 4.90 Å². The van der Waals surface area contributed by atoms with E-state index in [0.29, 0.717) is 50.1 Å². The summed E-state index contributed by atoms with van der Waals surface area (Å²) in [5, 5.41) is 73.9. The SMILES string of the molecule is C/C=C(/C)C(=O)O[C@H]1CC[C@@]2(C)[C@H]3CC[C@@H]4[C@]5(O)C[C@H](O)[C@]6(O)[C@H](CN7C[C@H](C)CC[C@@H]7[C@]6(C)O)[C@]5(O)C[C@]42O[C@@]13O. The molecule has 42 heavy (non-hydrogen) atoms. The van der Waals surface area contributed by atoms with Crippen LogP contribution in [0.25, 0.3) is 0 Å². The van der Waals surface area contributed by atoms with E-state index >= 15 is 0 Å². The molecular weight excluding hydrogens is 542 g/mol. The number of aliphatic hydroxyl groups excluding tert-OH is 1. The molecule has 0 radical (unpaired) electrons. The van der Waals surface area contributed by atoms with Gasteiger partial charge in [-0.2, -0.15) is 0 Å². The van der Waals surface area contributed by atoms with Crippen molar-refractivity contribution in [2.45, 2.75) is 138 Å². The number of carbonyl (C=O) groups is 1. The molecule has 0 unspecified atom stereocenters. The van der Waals surface area contributed by atoms with Crippen LogP contribution in [0, 0.1) is 29.1 Å². The molecule has 3 saturated heterocycles. The standard InChI is InChI=1S/C32H49NO9/c1-6-18(3)25(35)41-24-11-12-26(4)19-8-9-20-28(37)13-23(34)31(39)21(29(28,38)16-30(20,26)42-32(19,24)40)15-33-14-17(2)7-10-22(33)27(31,5)36/h6,17,19-24,34,36-40H,7-16H2,1-5H3/b18-6-/t17-,19-,20-,21-,22-,23+,24+,26+,27+,28-,29-,30+,31-,32-/m1/s1. The maximum atomic E-state index is 12.9. The number of carbonyl (C=O) groups excluding carboxylic acids is 1. The quantitative estimate of drug-likeness (QED) is 0.202. The molecule has 7 rings (SSSR count). The molecule has 14 atom stereocenters. The lowest BCUT2D eigenvalue weighted by atomic mass is 9.49. The van der Waals surface area contributed by atoms with Gasteiger partial charge in [-0.15, -0.1) is 0 Å². The van der Waals surface area contributed by atoms with Crippen molar-refractivity contribution in [3.63, 3.8) is 0 Å². The lowest BCUT2D eigenvalue weighted by molar-refractivity contribution is -0.354. The molecule has 4 aliphatic carbocycles. The van der Waals surface area contributed by atoms with Crippen LogP contribution in [0.5, 0.6) is 0 Å². The molecule has 7 fully saturated rings. The molecule has 3 aliphatic heterocycles. The lowest BCUT2D eigenvalue weighted by Gasteiger charge is -2.68. The van der Waals surface area contributed by atoms with Crippen LogP contribution in [-0.4, -0.2) is 107 Å². The number of hydrogen-bond donors (Lipinski definition) is 6. The molecule has 1 spiro atoms. The predicted molar refractivity (Wildman–Crippen MR) is 150 cm³/mol. The highest BCUT2D eigenvalue weighted by atomic mass is 16.7. The Morgan fingerprint density at radius 1 is 0.952 bits per heavy atom. The zero-order chi connectivity index (χ0) is 30.5. The summed E-state index contributed by atoms with van der Waals surface area (Å²) in [7, 11) is 0. The molecule has 0 aromatic rings. The van der Waals surface area contributed by atoms with Crippen LogP contribution in [-0.2, 0) is 14.3 Å². The summed E-state index contributed by atoms with van der Waals surface area (Å²) in [6.07, 6.45) is 2.30. The second-order valence-electron chi connectivity index (χ2n) is 15.7. The Balaban J connectivity index is 1.32. The smallest absolute Gasteiger partial charge is 0.333 e. The molecular formula is C32H49NO9. The summed E-state index contributed by atoms with van der Waals surface area (Å²) in [5.41, 5.74) is -8.96. The molecule has 0 aromatic carbocycles. The maximum Gasteiger partial charge on any atom is 0.333 e. The molecule has 10 nitrogen and oxygen atoms in total. The summed E-state index contributed by atoms with van der Waals surface area (Å²) in [6.45, 7) is 10.1. The van der Waals surface area contributed by atoms with Gasteiger partial charge in [-0.05, 0) is 65.2 Å². The van der Waals surface area contributed by atoms with Crippen LogP contribution in [0.4, 0.5) is 0 Å². The average Bonchev–Trinajstić information content (AvgIpc) is 3.09. The van der Waals surface area contributed by atoms with Gasteiger partial charge in [-0.3, -0.25) is 4.90 Å². The van der Waals surface area contributed by atoms with Crippen molar-refractivity contribution in [3.8, 4) is 0 Å². The number of ether oxygens (including phenoxy) is 2. The maximum absolute atomic E-state index is 12.9. The molecule has 4 bridgehead atoms. The van der Waals surface area contributed by atoms with Crippen LogP contribution in [0.15, 0.2) is 11.6 Å². The Morgan fingerprint density at radius 3 is 2.33 bits per heavy atom. The summed E-state index contributed by atoms with van der Waals surface area (Å²) < 4.78 is 12.6. The van der Waals surface area contributed by atoms with Crippen LogP contribution >= 0.6 is 0 Å². The van der Waals surface area contributed by atoms with E-state index in [4.69, 9.17) is 9.47 Å². The molecule has 6 N–H and O–H groups in total. The molecule has 4 saturated carbocycles. The number of fused-ring (bicyclic) bond motifs is 5. The number of hydrogen-bond acceptors (Lipinski definition) is 10. The third-order valence-corrected chi connectivity index (χ3v) is 14.1. The molecule has 236 valence electrons. The fourth-order valence-corrected chi connectivity index (χ4v) is 11.8. The van der Waals surface area contributed by atoms with E-state index in [1.54, 1.807) is 26.8 Å². The number of allylic oxidation sites excluding steroid dienone is 1. The highest BCUT2D eigenvalue weighted by Gasteiger charge is 2.88. The van der Waals surface area contributed by atoms with Crippen LogP contribution in [0.1, 0.15) is 86.0 Å². The average molecular weight is 592 g/mol. The zero-order valence-electron chi connectivity index (χ0n) is 25.5. The van der Waals surface area contributed by atoms with Gasteiger partial charge in [0.1, 0.15) is 22.4 Å². The lowest BCUT2D eigenvalue weighted by Crippen LogP contribution is -2.85. The monoisotopic (exact) mass is 591 g/mol. The first-order valence-corrected chi connectivity index (χ1v) is 16.0.